The molecular formula is C24H32N4OS. The van der Waals surface area contributed by atoms with Crippen molar-refractivity contribution < 1.29 is 4.79 Å². The predicted molar refractivity (Wildman–Crippen MR) is 129 cm³/mol. The van der Waals surface area contributed by atoms with E-state index in [-0.39, 0.29) is 5.91 Å². The van der Waals surface area contributed by atoms with E-state index in [0.717, 1.165) is 40.7 Å². The first-order valence-electron chi connectivity index (χ1n) is 10.5. The number of likely N-dealkylation sites (N-methyl/N-ethyl adjacent to an activating group) is 1. The molecule has 0 saturated carbocycles. The van der Waals surface area contributed by atoms with E-state index in [2.05, 4.69) is 49.6 Å². The number of rotatable bonds is 8. The van der Waals surface area contributed by atoms with Crippen molar-refractivity contribution in [2.24, 2.45) is 0 Å². The lowest BCUT2D eigenvalue weighted by Gasteiger charge is -2.23. The molecule has 5 nitrogen and oxygen atoms in total. The third-order valence-corrected chi connectivity index (χ3v) is 6.53. The summed E-state index contributed by atoms with van der Waals surface area (Å²) in [7, 11) is 4.04. The van der Waals surface area contributed by atoms with Gasteiger partial charge in [0.05, 0.1) is 10.2 Å². The largest absolute Gasteiger partial charge is 0.372 e. The van der Waals surface area contributed by atoms with Gasteiger partial charge in [0.25, 0.3) is 5.91 Å². The van der Waals surface area contributed by atoms with E-state index in [4.69, 9.17) is 4.98 Å². The number of anilines is 2. The van der Waals surface area contributed by atoms with Crippen molar-refractivity contribution in [2.75, 3.05) is 50.1 Å². The standard InChI is InChI=1S/C24H32N4OS/c1-7-27(8-2)20-11-9-19(10-12-20)23(29)28(14-13-26(5)6)24-25-21-16-17(3)15-18(4)22(21)30-24/h9-12,15-16H,7-8,13-14H2,1-6H3. The third-order valence-electron chi connectivity index (χ3n) is 5.30. The highest BCUT2D eigenvalue weighted by atomic mass is 32.1. The highest BCUT2D eigenvalue weighted by Crippen LogP contribution is 2.33. The van der Waals surface area contributed by atoms with Crippen molar-refractivity contribution in [1.82, 2.24) is 9.88 Å². The Bertz CT molecular complexity index is 1010. The molecule has 2 aromatic carbocycles. The lowest BCUT2D eigenvalue weighted by atomic mass is 10.1. The number of carbonyl (C=O) groups is 1. The van der Waals surface area contributed by atoms with Crippen molar-refractivity contribution in [3.8, 4) is 0 Å². The summed E-state index contributed by atoms with van der Waals surface area (Å²) in [5.74, 6) is -0.00335. The second-order valence-electron chi connectivity index (χ2n) is 7.91. The fourth-order valence-electron chi connectivity index (χ4n) is 3.62. The van der Waals surface area contributed by atoms with Crippen LogP contribution in [0.2, 0.25) is 0 Å². The van der Waals surface area contributed by atoms with Gasteiger partial charge >= 0.3 is 0 Å². The molecule has 30 heavy (non-hydrogen) atoms. The number of carbonyl (C=O) groups excluding carboxylic acids is 1. The minimum atomic E-state index is -0.00335. The van der Waals surface area contributed by atoms with Crippen LogP contribution < -0.4 is 9.80 Å². The lowest BCUT2D eigenvalue weighted by molar-refractivity contribution is 0.0985. The summed E-state index contributed by atoms with van der Waals surface area (Å²) in [6.45, 7) is 11.7. The number of hydrogen-bond donors (Lipinski definition) is 0. The summed E-state index contributed by atoms with van der Waals surface area (Å²) < 4.78 is 1.15. The van der Waals surface area contributed by atoms with Gasteiger partial charge in [-0.05, 0) is 83.2 Å². The van der Waals surface area contributed by atoms with Crippen LogP contribution in [-0.2, 0) is 0 Å². The van der Waals surface area contributed by atoms with Crippen LogP contribution in [-0.4, -0.2) is 56.1 Å². The van der Waals surface area contributed by atoms with Gasteiger partial charge in [-0.1, -0.05) is 17.4 Å². The molecule has 0 fully saturated rings. The Morgan fingerprint density at radius 3 is 2.27 bits per heavy atom. The monoisotopic (exact) mass is 424 g/mol. The van der Waals surface area contributed by atoms with E-state index in [9.17, 15) is 4.79 Å². The number of aromatic nitrogens is 1. The maximum atomic E-state index is 13.5. The Hall–Kier alpha value is -2.44. The molecule has 0 unspecified atom stereocenters. The van der Waals surface area contributed by atoms with Crippen LogP contribution in [0.15, 0.2) is 36.4 Å². The molecular weight excluding hydrogens is 392 g/mol. The van der Waals surface area contributed by atoms with Crippen LogP contribution in [0.1, 0.15) is 35.3 Å². The van der Waals surface area contributed by atoms with Gasteiger partial charge in [-0.2, -0.15) is 0 Å². The highest BCUT2D eigenvalue weighted by Gasteiger charge is 2.22. The molecule has 0 N–H and O–H groups in total. The Morgan fingerprint density at radius 1 is 1.00 bits per heavy atom. The first kappa shape index (κ1) is 22.2. The van der Waals surface area contributed by atoms with Crippen molar-refractivity contribution >= 4 is 38.3 Å². The summed E-state index contributed by atoms with van der Waals surface area (Å²) in [5.41, 5.74) is 5.19. The van der Waals surface area contributed by atoms with Crippen LogP contribution in [0.25, 0.3) is 10.2 Å². The maximum Gasteiger partial charge on any atom is 0.260 e. The van der Waals surface area contributed by atoms with Crippen LogP contribution in [0, 0.1) is 13.8 Å². The summed E-state index contributed by atoms with van der Waals surface area (Å²) in [5, 5.41) is 0.762. The number of thiazole rings is 1. The van der Waals surface area contributed by atoms with Gasteiger partial charge in [0.1, 0.15) is 0 Å². The maximum absolute atomic E-state index is 13.5. The van der Waals surface area contributed by atoms with E-state index in [1.54, 1.807) is 11.3 Å². The lowest BCUT2D eigenvalue weighted by Crippen LogP contribution is -2.36. The first-order valence-corrected chi connectivity index (χ1v) is 11.3. The van der Waals surface area contributed by atoms with Crippen molar-refractivity contribution in [3.63, 3.8) is 0 Å². The molecule has 1 aromatic heterocycles. The molecule has 0 radical (unpaired) electrons. The van der Waals surface area contributed by atoms with E-state index in [0.29, 0.717) is 12.1 Å². The van der Waals surface area contributed by atoms with Gasteiger partial charge in [-0.15, -0.1) is 0 Å². The number of fused-ring (bicyclic) bond motifs is 1. The Balaban J connectivity index is 1.95. The van der Waals surface area contributed by atoms with E-state index in [1.807, 2.05) is 43.3 Å². The first-order chi connectivity index (χ1) is 14.3. The fourth-order valence-corrected chi connectivity index (χ4v) is 4.66. The zero-order valence-corrected chi connectivity index (χ0v) is 19.7. The summed E-state index contributed by atoms with van der Waals surface area (Å²) >= 11 is 1.60. The highest BCUT2D eigenvalue weighted by molar-refractivity contribution is 7.22. The van der Waals surface area contributed by atoms with Crippen LogP contribution in [0.5, 0.6) is 0 Å². The smallest absolute Gasteiger partial charge is 0.260 e. The molecule has 160 valence electrons. The van der Waals surface area contributed by atoms with E-state index in [1.165, 1.54) is 11.1 Å². The van der Waals surface area contributed by atoms with Crippen molar-refractivity contribution in [2.45, 2.75) is 27.7 Å². The number of benzene rings is 2. The van der Waals surface area contributed by atoms with Gasteiger partial charge in [-0.25, -0.2) is 4.98 Å². The molecule has 1 amide bonds. The molecule has 0 aliphatic carbocycles. The van der Waals surface area contributed by atoms with Crippen LogP contribution in [0.3, 0.4) is 0 Å². The predicted octanol–water partition coefficient (Wildman–Crippen LogP) is 4.97. The van der Waals surface area contributed by atoms with Crippen molar-refractivity contribution in [3.05, 3.63) is 53.1 Å². The Labute approximate surface area is 183 Å². The molecule has 0 bridgehead atoms. The molecule has 1 heterocycles. The van der Waals surface area contributed by atoms with Crippen LogP contribution >= 0.6 is 11.3 Å². The van der Waals surface area contributed by atoms with Gasteiger partial charge < -0.3 is 9.80 Å². The molecule has 6 heteroatoms. The molecule has 0 atom stereocenters. The Kier molecular flexibility index (Phi) is 7.10. The number of amides is 1. The second-order valence-corrected chi connectivity index (χ2v) is 8.88. The number of hydrogen-bond acceptors (Lipinski definition) is 5. The molecule has 0 spiro atoms. The molecule has 3 rings (SSSR count). The summed E-state index contributed by atoms with van der Waals surface area (Å²) in [6.07, 6.45) is 0. The van der Waals surface area contributed by atoms with Gasteiger partial charge in [0.2, 0.25) is 0 Å². The average Bonchev–Trinajstić information content (AvgIpc) is 3.13. The van der Waals surface area contributed by atoms with E-state index >= 15 is 0 Å². The molecule has 0 aliphatic rings. The Morgan fingerprint density at radius 2 is 1.67 bits per heavy atom. The zero-order valence-electron chi connectivity index (χ0n) is 18.9. The topological polar surface area (TPSA) is 39.7 Å². The van der Waals surface area contributed by atoms with Crippen LogP contribution in [0.4, 0.5) is 10.8 Å². The molecule has 0 aliphatic heterocycles. The van der Waals surface area contributed by atoms with Crippen molar-refractivity contribution in [1.29, 1.82) is 0 Å². The normalized spacial score (nSPS) is 11.3. The van der Waals surface area contributed by atoms with Gasteiger partial charge in [-0.3, -0.25) is 9.69 Å². The van der Waals surface area contributed by atoms with E-state index < -0.39 is 0 Å². The molecule has 3 aromatic rings. The SMILES string of the molecule is CCN(CC)c1ccc(C(=O)N(CCN(C)C)c2nc3cc(C)cc(C)c3s2)cc1. The zero-order chi connectivity index (χ0) is 21.8. The fraction of sp³-hybridized carbons (Fsp3) is 0.417. The van der Waals surface area contributed by atoms with Gasteiger partial charge in [0, 0.05) is 37.4 Å². The second kappa shape index (κ2) is 9.58. The quantitative estimate of drug-likeness (QED) is 0.512. The minimum absolute atomic E-state index is 0.00335. The number of nitrogens with zero attached hydrogens (tertiary/aromatic N) is 4. The molecule has 0 saturated heterocycles. The average molecular weight is 425 g/mol. The summed E-state index contributed by atoms with van der Waals surface area (Å²) in [6, 6.07) is 12.2. The minimum Gasteiger partial charge on any atom is -0.372 e. The van der Waals surface area contributed by atoms with Gasteiger partial charge in [0.15, 0.2) is 5.13 Å². The third kappa shape index (κ3) is 4.82. The summed E-state index contributed by atoms with van der Waals surface area (Å²) in [4.78, 5) is 24.5. The number of aryl methyl sites for hydroxylation is 2.